The molecule has 17 heavy (non-hydrogen) atoms. The first-order valence-electron chi connectivity index (χ1n) is 6.66. The largest absolute Gasteiger partial charge is 0.490 e. The zero-order chi connectivity index (χ0) is 12.3. The zero-order valence-electron chi connectivity index (χ0n) is 10.9. The van der Waals surface area contributed by atoms with Crippen LogP contribution in [-0.2, 0) is 6.42 Å². The molecule has 1 aromatic rings. The van der Waals surface area contributed by atoms with Gasteiger partial charge in [-0.15, -0.1) is 0 Å². The van der Waals surface area contributed by atoms with E-state index in [1.807, 2.05) is 6.07 Å². The molecule has 0 spiro atoms. The lowest BCUT2D eigenvalue weighted by atomic mass is 9.97. The van der Waals surface area contributed by atoms with Gasteiger partial charge in [0.2, 0.25) is 0 Å². The number of aryl methyl sites for hydroxylation is 1. The third kappa shape index (κ3) is 4.04. The van der Waals surface area contributed by atoms with Crippen molar-refractivity contribution in [1.82, 2.24) is 0 Å². The van der Waals surface area contributed by atoms with Crippen molar-refractivity contribution in [1.29, 1.82) is 0 Å². The highest BCUT2D eigenvalue weighted by molar-refractivity contribution is 5.29. The van der Waals surface area contributed by atoms with Crippen LogP contribution in [0.2, 0.25) is 0 Å². The van der Waals surface area contributed by atoms with E-state index in [0.29, 0.717) is 18.1 Å². The molecular formula is C15H23NO. The molecule has 2 N–H and O–H groups in total. The predicted molar refractivity (Wildman–Crippen MR) is 71.2 cm³/mol. The Balaban J connectivity index is 1.86. The van der Waals surface area contributed by atoms with E-state index in [0.717, 1.165) is 18.6 Å². The van der Waals surface area contributed by atoms with E-state index in [2.05, 4.69) is 32.0 Å². The first-order chi connectivity index (χ1) is 8.15. The Morgan fingerprint density at radius 1 is 1.35 bits per heavy atom. The molecule has 0 saturated heterocycles. The van der Waals surface area contributed by atoms with Gasteiger partial charge in [0.1, 0.15) is 5.75 Å². The lowest BCUT2D eigenvalue weighted by Gasteiger charge is -2.15. The summed E-state index contributed by atoms with van der Waals surface area (Å²) in [6, 6.07) is 8.74. The fourth-order valence-corrected chi connectivity index (χ4v) is 1.82. The second-order valence-electron chi connectivity index (χ2n) is 5.41. The summed E-state index contributed by atoms with van der Waals surface area (Å²) in [5, 5.41) is 0. The lowest BCUT2D eigenvalue weighted by molar-refractivity contribution is 0.303. The summed E-state index contributed by atoms with van der Waals surface area (Å²) in [6.07, 6.45) is 4.99. The van der Waals surface area contributed by atoms with Crippen molar-refractivity contribution in [2.45, 2.75) is 51.7 Å². The van der Waals surface area contributed by atoms with Crippen LogP contribution >= 0.6 is 0 Å². The lowest BCUT2D eigenvalue weighted by Crippen LogP contribution is -2.26. The Kier molecular flexibility index (Phi) is 4.06. The summed E-state index contributed by atoms with van der Waals surface area (Å²) in [5.41, 5.74) is 7.39. The summed E-state index contributed by atoms with van der Waals surface area (Å²) in [6.45, 7) is 4.36. The molecule has 94 valence electrons. The first kappa shape index (κ1) is 12.4. The number of ether oxygens (including phenoxy) is 1. The van der Waals surface area contributed by atoms with Crippen LogP contribution in [0.5, 0.6) is 5.75 Å². The van der Waals surface area contributed by atoms with Crippen molar-refractivity contribution < 1.29 is 4.74 Å². The minimum atomic E-state index is 0.294. The fourth-order valence-electron chi connectivity index (χ4n) is 1.82. The Labute approximate surface area is 104 Å². The first-order valence-corrected chi connectivity index (χ1v) is 6.66. The molecule has 0 aromatic heterocycles. The van der Waals surface area contributed by atoms with Crippen LogP contribution < -0.4 is 10.5 Å². The van der Waals surface area contributed by atoms with Gasteiger partial charge in [-0.1, -0.05) is 26.0 Å². The van der Waals surface area contributed by atoms with E-state index in [1.165, 1.54) is 18.4 Å². The normalized spacial score (nSPS) is 17.2. The van der Waals surface area contributed by atoms with E-state index in [1.54, 1.807) is 0 Å². The highest BCUT2D eigenvalue weighted by Crippen LogP contribution is 2.27. The van der Waals surface area contributed by atoms with Gasteiger partial charge < -0.3 is 10.5 Å². The molecule has 1 aliphatic rings. The van der Waals surface area contributed by atoms with Crippen LogP contribution in [0.15, 0.2) is 24.3 Å². The molecule has 2 rings (SSSR count). The molecule has 1 fully saturated rings. The molecule has 1 saturated carbocycles. The minimum Gasteiger partial charge on any atom is -0.490 e. The van der Waals surface area contributed by atoms with Crippen molar-refractivity contribution >= 4 is 0 Å². The maximum atomic E-state index is 6.06. The second-order valence-corrected chi connectivity index (χ2v) is 5.41. The van der Waals surface area contributed by atoms with Crippen LogP contribution in [-0.4, -0.2) is 12.1 Å². The standard InChI is InChI=1S/C15H23NO/c1-11(2)15(16)9-6-12-4-3-5-14(10-12)17-13-7-8-13/h3-5,10-11,13,15H,6-9,16H2,1-2H3. The molecule has 0 radical (unpaired) electrons. The highest BCUT2D eigenvalue weighted by Gasteiger charge is 2.23. The number of nitrogens with two attached hydrogens (primary N) is 1. The third-order valence-electron chi connectivity index (χ3n) is 3.35. The minimum absolute atomic E-state index is 0.294. The van der Waals surface area contributed by atoms with E-state index >= 15 is 0 Å². The van der Waals surface area contributed by atoms with E-state index < -0.39 is 0 Å². The quantitative estimate of drug-likeness (QED) is 0.819. The smallest absolute Gasteiger partial charge is 0.119 e. The third-order valence-corrected chi connectivity index (χ3v) is 3.35. The number of hydrogen-bond donors (Lipinski definition) is 1. The fraction of sp³-hybridized carbons (Fsp3) is 0.600. The van der Waals surface area contributed by atoms with Gasteiger partial charge in [-0.3, -0.25) is 0 Å². The monoisotopic (exact) mass is 233 g/mol. The van der Waals surface area contributed by atoms with Gasteiger partial charge in [-0.05, 0) is 49.3 Å². The SMILES string of the molecule is CC(C)C(N)CCc1cccc(OC2CC2)c1. The van der Waals surface area contributed by atoms with Gasteiger partial charge in [0.05, 0.1) is 6.10 Å². The molecule has 1 aliphatic carbocycles. The van der Waals surface area contributed by atoms with Crippen molar-refractivity contribution in [3.63, 3.8) is 0 Å². The van der Waals surface area contributed by atoms with Gasteiger partial charge >= 0.3 is 0 Å². The van der Waals surface area contributed by atoms with Gasteiger partial charge in [-0.25, -0.2) is 0 Å². The van der Waals surface area contributed by atoms with E-state index in [-0.39, 0.29) is 0 Å². The summed E-state index contributed by atoms with van der Waals surface area (Å²) >= 11 is 0. The van der Waals surface area contributed by atoms with Crippen LogP contribution in [0.25, 0.3) is 0 Å². The van der Waals surface area contributed by atoms with Crippen molar-refractivity contribution in [2.75, 3.05) is 0 Å². The topological polar surface area (TPSA) is 35.2 Å². The second kappa shape index (κ2) is 5.54. The number of hydrogen-bond acceptors (Lipinski definition) is 2. The van der Waals surface area contributed by atoms with Gasteiger partial charge in [-0.2, -0.15) is 0 Å². The predicted octanol–water partition coefficient (Wildman–Crippen LogP) is 3.14. The Morgan fingerprint density at radius 3 is 2.76 bits per heavy atom. The molecule has 0 heterocycles. The van der Waals surface area contributed by atoms with Crippen LogP contribution in [0.1, 0.15) is 38.7 Å². The maximum absolute atomic E-state index is 6.06. The van der Waals surface area contributed by atoms with Gasteiger partial charge in [0.25, 0.3) is 0 Å². The Hall–Kier alpha value is -1.02. The molecule has 0 aliphatic heterocycles. The van der Waals surface area contributed by atoms with Crippen molar-refractivity contribution in [3.05, 3.63) is 29.8 Å². The van der Waals surface area contributed by atoms with Gasteiger partial charge in [0.15, 0.2) is 0 Å². The Bertz CT molecular complexity index is 358. The molecule has 0 bridgehead atoms. The molecule has 1 aromatic carbocycles. The number of benzene rings is 1. The molecule has 1 atom stereocenters. The summed E-state index contributed by atoms with van der Waals surface area (Å²) in [5.74, 6) is 1.57. The van der Waals surface area contributed by atoms with E-state index in [9.17, 15) is 0 Å². The molecular weight excluding hydrogens is 210 g/mol. The molecule has 2 nitrogen and oxygen atoms in total. The summed E-state index contributed by atoms with van der Waals surface area (Å²) in [4.78, 5) is 0. The van der Waals surface area contributed by atoms with E-state index in [4.69, 9.17) is 10.5 Å². The average Bonchev–Trinajstić information content (AvgIpc) is 3.10. The maximum Gasteiger partial charge on any atom is 0.119 e. The molecule has 1 unspecified atom stereocenters. The summed E-state index contributed by atoms with van der Waals surface area (Å²) in [7, 11) is 0. The molecule has 0 amide bonds. The van der Waals surface area contributed by atoms with Gasteiger partial charge in [0, 0.05) is 6.04 Å². The van der Waals surface area contributed by atoms with Crippen molar-refractivity contribution in [2.24, 2.45) is 11.7 Å². The summed E-state index contributed by atoms with van der Waals surface area (Å²) < 4.78 is 5.79. The van der Waals surface area contributed by atoms with Crippen LogP contribution in [0.4, 0.5) is 0 Å². The van der Waals surface area contributed by atoms with Crippen molar-refractivity contribution in [3.8, 4) is 5.75 Å². The average molecular weight is 233 g/mol. The Morgan fingerprint density at radius 2 is 2.12 bits per heavy atom. The number of rotatable bonds is 6. The zero-order valence-corrected chi connectivity index (χ0v) is 10.9. The molecule has 2 heteroatoms. The van der Waals surface area contributed by atoms with Crippen LogP contribution in [0, 0.1) is 5.92 Å². The highest BCUT2D eigenvalue weighted by atomic mass is 16.5. The van der Waals surface area contributed by atoms with Crippen LogP contribution in [0.3, 0.4) is 0 Å².